The second-order valence-electron chi connectivity index (χ2n) is 5.46. The molecule has 2 N–H and O–H groups in total. The van der Waals surface area contributed by atoms with Crippen molar-refractivity contribution in [1.29, 1.82) is 0 Å². The van der Waals surface area contributed by atoms with Crippen molar-refractivity contribution in [3.8, 4) is 11.5 Å². The molecule has 0 fully saturated rings. The van der Waals surface area contributed by atoms with Crippen LogP contribution in [0.3, 0.4) is 0 Å². The van der Waals surface area contributed by atoms with Crippen LogP contribution in [-0.2, 0) is 6.54 Å². The number of aryl methyl sites for hydroxylation is 1. The number of nitrogens with one attached hydrogen (secondary N) is 2. The van der Waals surface area contributed by atoms with Crippen LogP contribution in [0.15, 0.2) is 47.5 Å². The van der Waals surface area contributed by atoms with Gasteiger partial charge in [-0.2, -0.15) is 0 Å². The molecule has 0 aromatic heterocycles. The maximum Gasteiger partial charge on any atom is 0.191 e. The maximum absolute atomic E-state index is 13.3. The molecule has 0 aliphatic rings. The molecule has 5 nitrogen and oxygen atoms in total. The third-order valence-corrected chi connectivity index (χ3v) is 3.61. The first-order valence-electron chi connectivity index (χ1n) is 8.09. The number of nitrogens with zero attached hydrogens (tertiary/aromatic N) is 1. The molecule has 134 valence electrons. The normalized spacial score (nSPS) is 11.1. The molecule has 0 saturated heterocycles. The van der Waals surface area contributed by atoms with Crippen LogP contribution in [0.1, 0.15) is 11.1 Å². The van der Waals surface area contributed by atoms with Crippen molar-refractivity contribution in [2.24, 2.45) is 4.99 Å². The van der Waals surface area contributed by atoms with Gasteiger partial charge in [0, 0.05) is 19.7 Å². The van der Waals surface area contributed by atoms with Crippen molar-refractivity contribution in [2.75, 3.05) is 27.3 Å². The van der Waals surface area contributed by atoms with Gasteiger partial charge in [0.15, 0.2) is 5.96 Å². The van der Waals surface area contributed by atoms with Crippen LogP contribution in [0, 0.1) is 12.7 Å². The van der Waals surface area contributed by atoms with E-state index in [4.69, 9.17) is 9.47 Å². The fourth-order valence-electron chi connectivity index (χ4n) is 2.25. The molecule has 2 aromatic rings. The number of methoxy groups -OCH3 is 1. The van der Waals surface area contributed by atoms with Gasteiger partial charge in [-0.25, -0.2) is 4.39 Å². The highest BCUT2D eigenvalue weighted by atomic mass is 19.1. The number of aliphatic imine (C=N–C) groups is 1. The molecule has 2 aromatic carbocycles. The van der Waals surface area contributed by atoms with Crippen LogP contribution in [0.2, 0.25) is 0 Å². The molecule has 0 aliphatic carbocycles. The van der Waals surface area contributed by atoms with E-state index in [9.17, 15) is 4.39 Å². The number of guanidine groups is 1. The topological polar surface area (TPSA) is 54.9 Å². The van der Waals surface area contributed by atoms with Crippen molar-refractivity contribution >= 4 is 5.96 Å². The minimum Gasteiger partial charge on any atom is -0.497 e. The first-order valence-corrected chi connectivity index (χ1v) is 8.09. The molecule has 25 heavy (non-hydrogen) atoms. The highest BCUT2D eigenvalue weighted by Gasteiger charge is 2.02. The van der Waals surface area contributed by atoms with E-state index in [1.54, 1.807) is 27.1 Å². The Morgan fingerprint density at radius 2 is 1.92 bits per heavy atom. The Hall–Kier alpha value is -2.76. The summed E-state index contributed by atoms with van der Waals surface area (Å²) in [6.45, 7) is 3.40. The zero-order chi connectivity index (χ0) is 18.1. The molecular formula is C19H24FN3O2. The summed E-state index contributed by atoms with van der Waals surface area (Å²) in [5.41, 5.74) is 1.63. The van der Waals surface area contributed by atoms with Crippen LogP contribution in [-0.4, -0.2) is 33.3 Å². The Morgan fingerprint density at radius 3 is 2.64 bits per heavy atom. The first kappa shape index (κ1) is 18.6. The quantitative estimate of drug-likeness (QED) is 0.460. The molecule has 0 heterocycles. The third-order valence-electron chi connectivity index (χ3n) is 3.61. The maximum atomic E-state index is 13.3. The second-order valence-corrected chi connectivity index (χ2v) is 5.46. The Labute approximate surface area is 147 Å². The van der Waals surface area contributed by atoms with E-state index in [1.807, 2.05) is 30.3 Å². The van der Waals surface area contributed by atoms with Gasteiger partial charge in [-0.1, -0.05) is 18.2 Å². The number of halogens is 1. The minimum atomic E-state index is -0.194. The molecule has 0 saturated carbocycles. The Kier molecular flexibility index (Phi) is 7.07. The average Bonchev–Trinajstić information content (AvgIpc) is 2.64. The lowest BCUT2D eigenvalue weighted by molar-refractivity contribution is 0.319. The predicted octanol–water partition coefficient (Wildman–Crippen LogP) is 2.89. The Morgan fingerprint density at radius 1 is 1.12 bits per heavy atom. The smallest absolute Gasteiger partial charge is 0.191 e. The van der Waals surface area contributed by atoms with E-state index in [-0.39, 0.29) is 5.82 Å². The zero-order valence-electron chi connectivity index (χ0n) is 14.8. The Bertz CT molecular complexity index is 720. The van der Waals surface area contributed by atoms with Crippen LogP contribution in [0.4, 0.5) is 4.39 Å². The highest BCUT2D eigenvalue weighted by molar-refractivity contribution is 5.79. The van der Waals surface area contributed by atoms with Gasteiger partial charge in [0.1, 0.15) is 23.9 Å². The third kappa shape index (κ3) is 5.99. The Balaban J connectivity index is 1.73. The van der Waals surface area contributed by atoms with Crippen molar-refractivity contribution in [1.82, 2.24) is 10.6 Å². The summed E-state index contributed by atoms with van der Waals surface area (Å²) < 4.78 is 24.1. The largest absolute Gasteiger partial charge is 0.497 e. The SMILES string of the molecule is CN=C(NCCOc1cccc(OC)c1)NCc1ccc(F)c(C)c1. The van der Waals surface area contributed by atoms with E-state index in [0.717, 1.165) is 17.1 Å². The van der Waals surface area contributed by atoms with Gasteiger partial charge in [-0.3, -0.25) is 4.99 Å². The fourth-order valence-corrected chi connectivity index (χ4v) is 2.25. The summed E-state index contributed by atoms with van der Waals surface area (Å²) in [5, 5.41) is 6.36. The van der Waals surface area contributed by atoms with Gasteiger partial charge in [0.2, 0.25) is 0 Å². The van der Waals surface area contributed by atoms with Gasteiger partial charge in [0.05, 0.1) is 13.7 Å². The summed E-state index contributed by atoms with van der Waals surface area (Å²) in [5.74, 6) is 1.99. The second kappa shape index (κ2) is 9.52. The van der Waals surface area contributed by atoms with Crippen LogP contribution >= 0.6 is 0 Å². The van der Waals surface area contributed by atoms with Crippen LogP contribution < -0.4 is 20.1 Å². The van der Waals surface area contributed by atoms with Gasteiger partial charge < -0.3 is 20.1 Å². The molecule has 0 radical (unpaired) electrons. The van der Waals surface area contributed by atoms with Crippen LogP contribution in [0.25, 0.3) is 0 Å². The number of benzene rings is 2. The highest BCUT2D eigenvalue weighted by Crippen LogP contribution is 2.18. The zero-order valence-corrected chi connectivity index (χ0v) is 14.8. The molecule has 0 bridgehead atoms. The van der Waals surface area contributed by atoms with E-state index in [2.05, 4.69) is 15.6 Å². The van der Waals surface area contributed by atoms with Crippen molar-refractivity contribution < 1.29 is 13.9 Å². The van der Waals surface area contributed by atoms with E-state index < -0.39 is 0 Å². The lowest BCUT2D eigenvalue weighted by Gasteiger charge is -2.13. The van der Waals surface area contributed by atoms with Crippen molar-refractivity contribution in [3.63, 3.8) is 0 Å². The molecule has 0 unspecified atom stereocenters. The van der Waals surface area contributed by atoms with E-state index in [0.29, 0.717) is 31.2 Å². The first-order chi connectivity index (χ1) is 12.1. The monoisotopic (exact) mass is 345 g/mol. The van der Waals surface area contributed by atoms with Crippen molar-refractivity contribution in [3.05, 3.63) is 59.4 Å². The average molecular weight is 345 g/mol. The van der Waals surface area contributed by atoms with E-state index in [1.165, 1.54) is 6.07 Å². The molecule has 0 spiro atoms. The molecule has 6 heteroatoms. The van der Waals surface area contributed by atoms with Gasteiger partial charge in [-0.15, -0.1) is 0 Å². The molecular weight excluding hydrogens is 321 g/mol. The molecule has 0 amide bonds. The lowest BCUT2D eigenvalue weighted by atomic mass is 10.1. The van der Waals surface area contributed by atoms with Gasteiger partial charge in [0.25, 0.3) is 0 Å². The molecule has 0 atom stereocenters. The molecule has 0 aliphatic heterocycles. The minimum absolute atomic E-state index is 0.194. The summed E-state index contributed by atoms with van der Waals surface area (Å²) >= 11 is 0. The summed E-state index contributed by atoms with van der Waals surface area (Å²) in [6.07, 6.45) is 0. The summed E-state index contributed by atoms with van der Waals surface area (Å²) in [4.78, 5) is 4.16. The number of hydrogen-bond donors (Lipinski definition) is 2. The standard InChI is InChI=1S/C19H24FN3O2/c1-14-11-15(7-8-18(14)20)13-23-19(21-2)22-9-10-25-17-6-4-5-16(12-17)24-3/h4-8,11-12H,9-10,13H2,1-3H3,(H2,21,22,23). The fraction of sp³-hybridized carbons (Fsp3) is 0.316. The number of hydrogen-bond acceptors (Lipinski definition) is 3. The van der Waals surface area contributed by atoms with E-state index >= 15 is 0 Å². The summed E-state index contributed by atoms with van der Waals surface area (Å²) in [7, 11) is 3.33. The predicted molar refractivity (Wildman–Crippen MR) is 97.8 cm³/mol. The summed E-state index contributed by atoms with van der Waals surface area (Å²) in [6, 6.07) is 12.5. The lowest BCUT2D eigenvalue weighted by Crippen LogP contribution is -2.38. The van der Waals surface area contributed by atoms with Crippen molar-refractivity contribution in [2.45, 2.75) is 13.5 Å². The molecule has 2 rings (SSSR count). The van der Waals surface area contributed by atoms with Gasteiger partial charge in [-0.05, 0) is 36.2 Å². The number of ether oxygens (including phenoxy) is 2. The van der Waals surface area contributed by atoms with Gasteiger partial charge >= 0.3 is 0 Å². The van der Waals surface area contributed by atoms with Crippen LogP contribution in [0.5, 0.6) is 11.5 Å². The number of rotatable bonds is 7.